The van der Waals surface area contributed by atoms with Crippen LogP contribution in [0.2, 0.25) is 0 Å². The van der Waals surface area contributed by atoms with E-state index in [2.05, 4.69) is 16.0 Å². The van der Waals surface area contributed by atoms with E-state index in [9.17, 15) is 63.6 Å². The summed E-state index contributed by atoms with van der Waals surface area (Å²) in [6.45, 7) is 9.77. The minimum absolute atomic E-state index is 0.0574. The van der Waals surface area contributed by atoms with Crippen LogP contribution in [0.4, 0.5) is 0 Å². The first kappa shape index (κ1) is 74.6. The SMILES string of the molecule is CC[C@H](C)[C@H](NC(=O)C1CN1C)C(=O)N(C)[C@H](C[C@@H](OC(C)=O)c1nc(C(=O)N(C)[C@@H](Cc2ccc(OC3OC(CO)C(O)C(O)C3O)cc2)C(=O)N[C@H](CCCCN)C(=O)N[C@@H](Cc2ccccc2)C(=O)N2CCN(C(=O)CCCN3C(=O)C=CC3=O)CC2)cs1)C(C)C. The van der Waals surface area contributed by atoms with E-state index in [-0.39, 0.29) is 130 Å². The molecule has 5 heterocycles. The zero-order valence-corrected chi connectivity index (χ0v) is 56.1. The summed E-state index contributed by atoms with van der Waals surface area (Å²) in [4.78, 5) is 151. The summed E-state index contributed by atoms with van der Waals surface area (Å²) in [7, 11) is 4.85. The molecule has 0 saturated carbocycles. The van der Waals surface area contributed by atoms with Crippen LogP contribution >= 0.6 is 11.3 Å². The molecule has 3 fully saturated rings. The molecule has 4 aliphatic rings. The number of aliphatic hydroxyl groups is 4. The average molecular weight is 1340 g/mol. The van der Waals surface area contributed by atoms with Gasteiger partial charge in [0.05, 0.1) is 6.61 Å². The van der Waals surface area contributed by atoms with Crippen LogP contribution in [-0.2, 0) is 65.5 Å². The third-order valence-corrected chi connectivity index (χ3v) is 18.9. The number of unbranched alkanes of at least 4 members (excludes halogenated alkanes) is 1. The Kier molecular flexibility index (Phi) is 27.3. The molecule has 3 aromatic rings. The molecule has 2 aromatic carbocycles. The summed E-state index contributed by atoms with van der Waals surface area (Å²) in [5.41, 5.74) is 6.98. The van der Waals surface area contributed by atoms with E-state index < -0.39 is 115 Å². The largest absolute Gasteiger partial charge is 0.462 e. The van der Waals surface area contributed by atoms with Gasteiger partial charge < -0.3 is 75.9 Å². The zero-order chi connectivity index (χ0) is 69.4. The Balaban J connectivity index is 1.13. The van der Waals surface area contributed by atoms with Crippen LogP contribution in [0.5, 0.6) is 5.75 Å². The van der Waals surface area contributed by atoms with Crippen molar-refractivity contribution in [3.63, 3.8) is 0 Å². The lowest BCUT2D eigenvalue weighted by Gasteiger charge is -2.39. The second-order valence-electron chi connectivity index (χ2n) is 25.2. The van der Waals surface area contributed by atoms with Crippen molar-refractivity contribution in [2.24, 2.45) is 17.6 Å². The summed E-state index contributed by atoms with van der Waals surface area (Å²) < 4.78 is 17.3. The van der Waals surface area contributed by atoms with Crippen molar-refractivity contribution in [3.05, 3.63) is 94.0 Å². The second-order valence-corrected chi connectivity index (χ2v) is 26.0. The normalized spacial score (nSPS) is 22.4. The van der Waals surface area contributed by atoms with E-state index in [1.807, 2.05) is 57.8 Å². The molecule has 95 heavy (non-hydrogen) atoms. The molecule has 3 saturated heterocycles. The molecule has 29 heteroatoms. The van der Waals surface area contributed by atoms with E-state index in [0.717, 1.165) is 26.7 Å². The Hall–Kier alpha value is -7.77. The van der Waals surface area contributed by atoms with Gasteiger partial charge in [-0.1, -0.05) is 76.6 Å². The van der Waals surface area contributed by atoms with E-state index in [0.29, 0.717) is 31.4 Å². The van der Waals surface area contributed by atoms with Crippen LogP contribution in [0.1, 0.15) is 112 Å². The number of piperazine rings is 1. The Morgan fingerprint density at radius 3 is 2.03 bits per heavy atom. The standard InChI is InChI=1S/C66H93N11O17S/c1-9-39(4)55(71-61(88)49-35-72(49)6)65(91)73(7)47(38(2)3)34-50(92-40(5)79)62-70-46(37-95-62)63(89)74(8)48(33-42-20-22-43(23-21-42)93-66-58(85)57(84)56(83)51(36-78)94-66)60(87)68-44(18-13-14-26-67)59(86)69-45(32-41-16-11-10-12-17-41)64(90)76-30-28-75(29-31-76)52(80)19-15-27-77-53(81)24-25-54(77)82/h10-12,16-17,20-25,37-39,44-45,47-51,55-58,66,78,83-85H,9,13-15,18-19,26-36,67H2,1-8H3,(H,68,87)(H,69,86)(H,71,88)/t39-,44+,45-,47+,48-,49?,50+,51?,55-,56?,57?,58?,66?,72?/m0/s1. The minimum atomic E-state index is -1.71. The van der Waals surface area contributed by atoms with Gasteiger partial charge >= 0.3 is 5.97 Å². The molecule has 9 N–H and O–H groups in total. The maximum Gasteiger partial charge on any atom is 0.303 e. The minimum Gasteiger partial charge on any atom is -0.462 e. The third kappa shape index (κ3) is 19.9. The van der Waals surface area contributed by atoms with Gasteiger partial charge in [-0.05, 0) is 74.4 Å². The maximum absolute atomic E-state index is 15.2. The summed E-state index contributed by atoms with van der Waals surface area (Å²) >= 11 is 1.03. The Morgan fingerprint density at radius 1 is 0.800 bits per heavy atom. The molecular weight excluding hydrogens is 1250 g/mol. The third-order valence-electron chi connectivity index (χ3n) is 18.0. The topological polar surface area (TPSA) is 374 Å². The number of nitrogens with zero attached hydrogens (tertiary/aromatic N) is 7. The molecule has 520 valence electrons. The number of rotatable bonds is 33. The predicted molar refractivity (Wildman–Crippen MR) is 346 cm³/mol. The second kappa shape index (κ2) is 34.8. The number of carbonyl (C=O) groups is 10. The van der Waals surface area contributed by atoms with Gasteiger partial charge in [0.2, 0.25) is 41.7 Å². The molecule has 4 aliphatic heterocycles. The molecule has 1 aromatic heterocycles. The lowest BCUT2D eigenvalue weighted by Crippen LogP contribution is -2.60. The molecule has 28 nitrogen and oxygen atoms in total. The van der Waals surface area contributed by atoms with Crippen LogP contribution in [0.3, 0.4) is 0 Å². The molecule has 0 radical (unpaired) electrons. The van der Waals surface area contributed by atoms with Gasteiger partial charge in [0.1, 0.15) is 71.1 Å². The van der Waals surface area contributed by atoms with Crippen molar-refractivity contribution in [3.8, 4) is 5.75 Å². The molecular formula is C66H93N11O17S. The summed E-state index contributed by atoms with van der Waals surface area (Å²) in [5.74, 6) is -5.26. The van der Waals surface area contributed by atoms with E-state index in [1.165, 1.54) is 43.6 Å². The zero-order valence-electron chi connectivity index (χ0n) is 55.2. The number of nitrogens with two attached hydrogens (primary N) is 1. The predicted octanol–water partition coefficient (Wildman–Crippen LogP) is 0.0446. The van der Waals surface area contributed by atoms with Crippen molar-refractivity contribution < 1.29 is 82.6 Å². The van der Waals surface area contributed by atoms with Crippen molar-refractivity contribution in [1.29, 1.82) is 0 Å². The fraction of sp³-hybridized carbons (Fsp3) is 0.591. The number of esters is 1. The number of aliphatic hydroxyl groups excluding tert-OH is 4. The smallest absolute Gasteiger partial charge is 0.303 e. The quantitative estimate of drug-likeness (QED) is 0.0173. The molecule has 14 atom stereocenters. The first-order chi connectivity index (χ1) is 45.2. The average Bonchev–Trinajstić information content (AvgIpc) is 1.73. The Bertz CT molecular complexity index is 3160. The highest BCUT2D eigenvalue weighted by Crippen LogP contribution is 2.32. The number of imide groups is 1. The van der Waals surface area contributed by atoms with Gasteiger partial charge in [-0.25, -0.2) is 4.98 Å². The number of carbonyl (C=O) groups excluding carboxylic acids is 10. The van der Waals surface area contributed by atoms with Crippen LogP contribution < -0.4 is 26.4 Å². The van der Waals surface area contributed by atoms with Gasteiger partial charge in [-0.15, -0.1) is 11.3 Å². The lowest BCUT2D eigenvalue weighted by molar-refractivity contribution is -0.277. The van der Waals surface area contributed by atoms with E-state index >= 15 is 4.79 Å². The maximum atomic E-state index is 15.2. The summed E-state index contributed by atoms with van der Waals surface area (Å²) in [6, 6.07) is 9.55. The number of thiazole rings is 1. The fourth-order valence-corrected chi connectivity index (χ4v) is 12.6. The van der Waals surface area contributed by atoms with Gasteiger partial charge in [-0.3, -0.25) is 57.7 Å². The summed E-state index contributed by atoms with van der Waals surface area (Å²) in [5, 5.41) is 51.6. The molecule has 0 bridgehead atoms. The number of aromatic nitrogens is 1. The van der Waals surface area contributed by atoms with Crippen LogP contribution in [0.15, 0.2) is 72.1 Å². The monoisotopic (exact) mass is 1340 g/mol. The highest BCUT2D eigenvalue weighted by molar-refractivity contribution is 7.09. The molecule has 7 unspecified atom stereocenters. The molecule has 0 aliphatic carbocycles. The number of likely N-dealkylation sites (N-methyl/N-ethyl adjacent to an activating group) is 3. The first-order valence-electron chi connectivity index (χ1n) is 32.4. The Morgan fingerprint density at radius 2 is 1.43 bits per heavy atom. The molecule has 0 spiro atoms. The highest BCUT2D eigenvalue weighted by atomic mass is 32.1. The lowest BCUT2D eigenvalue weighted by atomic mass is 9.93. The van der Waals surface area contributed by atoms with E-state index in [4.69, 9.17) is 24.9 Å². The van der Waals surface area contributed by atoms with Crippen LogP contribution in [0, 0.1) is 11.8 Å². The fourth-order valence-electron chi connectivity index (χ4n) is 11.8. The number of amides is 9. The first-order valence-corrected chi connectivity index (χ1v) is 33.3. The number of ether oxygens (including phenoxy) is 3. The number of hydrogen-bond acceptors (Lipinski definition) is 21. The van der Waals surface area contributed by atoms with Gasteiger partial charge in [0.15, 0.2) is 6.10 Å². The van der Waals surface area contributed by atoms with Crippen LogP contribution in [0.25, 0.3) is 0 Å². The Labute approximate surface area is 557 Å². The van der Waals surface area contributed by atoms with Crippen molar-refractivity contribution in [1.82, 2.24) is 50.3 Å². The van der Waals surface area contributed by atoms with Crippen LogP contribution in [-0.4, -0.2) is 254 Å². The summed E-state index contributed by atoms with van der Waals surface area (Å²) in [6.07, 6.45) is -4.75. The molecule has 7 rings (SSSR count). The van der Waals surface area contributed by atoms with E-state index in [1.54, 1.807) is 46.0 Å². The number of hydrogen-bond donors (Lipinski definition) is 8. The number of benzene rings is 2. The van der Waals surface area contributed by atoms with Gasteiger partial charge in [0, 0.05) is 110 Å². The van der Waals surface area contributed by atoms with Crippen molar-refractivity contribution >= 4 is 70.5 Å². The van der Waals surface area contributed by atoms with Gasteiger partial charge in [-0.2, -0.15) is 0 Å². The van der Waals surface area contributed by atoms with Crippen molar-refractivity contribution in [2.75, 3.05) is 73.6 Å². The number of nitrogens with one attached hydrogen (secondary N) is 3. The molecule has 9 amide bonds. The van der Waals surface area contributed by atoms with Gasteiger partial charge in [0.25, 0.3) is 17.7 Å². The van der Waals surface area contributed by atoms with Crippen molar-refractivity contribution in [2.45, 2.75) is 165 Å². The highest BCUT2D eigenvalue weighted by Gasteiger charge is 2.46.